The predicted molar refractivity (Wildman–Crippen MR) is 46.5 cm³/mol. The second kappa shape index (κ2) is 5.65. The maximum atomic E-state index is 11.2. The number of rotatable bonds is 6. The van der Waals surface area contributed by atoms with Gasteiger partial charge in [-0.3, -0.25) is 9.59 Å². The third-order valence-corrected chi connectivity index (χ3v) is 1.32. The Morgan fingerprint density at radius 2 is 2.33 bits per heavy atom. The van der Waals surface area contributed by atoms with Crippen molar-refractivity contribution in [1.82, 2.24) is 25.9 Å². The van der Waals surface area contributed by atoms with Crippen molar-refractivity contribution >= 4 is 11.8 Å². The number of nitrogens with one attached hydrogen (secondary N) is 2. The number of tetrazole rings is 1. The molecule has 2 amide bonds. The zero-order chi connectivity index (χ0) is 11.1. The van der Waals surface area contributed by atoms with Crippen molar-refractivity contribution in [2.45, 2.75) is 0 Å². The number of ether oxygens (including phenoxy) is 1. The number of H-pyrrole nitrogens is 1. The molecule has 0 bridgehead atoms. The molecule has 1 heterocycles. The lowest BCUT2D eigenvalue weighted by Crippen LogP contribution is -2.29. The summed E-state index contributed by atoms with van der Waals surface area (Å²) in [6.07, 6.45) is 0. The standard InChI is InChI=1S/C6H10N6O3/c7-4(13)3-15-2-1-8-6(14)5-9-11-12-10-5/h1-3H2,(H2,7,13)(H,8,14)(H,9,10,11,12). The summed E-state index contributed by atoms with van der Waals surface area (Å²) in [5.41, 5.74) is 4.83. The van der Waals surface area contributed by atoms with E-state index in [1.54, 1.807) is 0 Å². The van der Waals surface area contributed by atoms with E-state index < -0.39 is 11.8 Å². The summed E-state index contributed by atoms with van der Waals surface area (Å²) in [5, 5.41) is 14.8. The Labute approximate surface area is 84.4 Å². The van der Waals surface area contributed by atoms with Gasteiger partial charge in [0, 0.05) is 6.54 Å². The first-order valence-electron chi connectivity index (χ1n) is 4.08. The second-order valence-corrected chi connectivity index (χ2v) is 2.51. The summed E-state index contributed by atoms with van der Waals surface area (Å²) in [5.74, 6) is -1.07. The van der Waals surface area contributed by atoms with Gasteiger partial charge in [-0.1, -0.05) is 0 Å². The molecule has 15 heavy (non-hydrogen) atoms. The van der Waals surface area contributed by atoms with Gasteiger partial charge in [0.25, 0.3) is 11.7 Å². The van der Waals surface area contributed by atoms with Crippen molar-refractivity contribution in [3.63, 3.8) is 0 Å². The molecule has 0 fully saturated rings. The highest BCUT2D eigenvalue weighted by molar-refractivity contribution is 5.89. The van der Waals surface area contributed by atoms with Gasteiger partial charge in [-0.15, -0.1) is 10.2 Å². The lowest BCUT2D eigenvalue weighted by Gasteiger charge is -2.02. The molecule has 0 aromatic carbocycles. The van der Waals surface area contributed by atoms with Gasteiger partial charge in [0.05, 0.1) is 6.61 Å². The minimum Gasteiger partial charge on any atom is -0.370 e. The zero-order valence-electron chi connectivity index (χ0n) is 7.77. The zero-order valence-corrected chi connectivity index (χ0v) is 7.77. The molecule has 0 unspecified atom stereocenters. The molecule has 1 aromatic rings. The molecule has 82 valence electrons. The van der Waals surface area contributed by atoms with Gasteiger partial charge in [0.2, 0.25) is 5.91 Å². The number of aromatic nitrogens is 4. The summed E-state index contributed by atoms with van der Waals surface area (Å²) < 4.78 is 4.81. The molecular weight excluding hydrogens is 204 g/mol. The van der Waals surface area contributed by atoms with Crippen molar-refractivity contribution in [2.24, 2.45) is 5.73 Å². The summed E-state index contributed by atoms with van der Waals surface area (Å²) in [6.45, 7) is 0.255. The topological polar surface area (TPSA) is 136 Å². The number of hydrogen-bond acceptors (Lipinski definition) is 6. The molecular formula is C6H10N6O3. The van der Waals surface area contributed by atoms with E-state index in [4.69, 9.17) is 10.5 Å². The third-order valence-electron chi connectivity index (χ3n) is 1.32. The third kappa shape index (κ3) is 4.13. The number of carbonyl (C=O) groups is 2. The number of nitrogens with two attached hydrogens (primary N) is 1. The lowest BCUT2D eigenvalue weighted by molar-refractivity contribution is -0.122. The minimum atomic E-state index is -0.556. The van der Waals surface area contributed by atoms with Crippen molar-refractivity contribution in [2.75, 3.05) is 19.8 Å². The van der Waals surface area contributed by atoms with Crippen LogP contribution in [0.4, 0.5) is 0 Å². The van der Waals surface area contributed by atoms with Gasteiger partial charge >= 0.3 is 0 Å². The molecule has 0 saturated heterocycles. The summed E-state index contributed by atoms with van der Waals surface area (Å²) in [6, 6.07) is 0. The van der Waals surface area contributed by atoms with Crippen LogP contribution in [-0.4, -0.2) is 52.2 Å². The van der Waals surface area contributed by atoms with Crippen molar-refractivity contribution < 1.29 is 14.3 Å². The number of aromatic amines is 1. The minimum absolute atomic E-state index is 0.0510. The quantitative estimate of drug-likeness (QED) is 0.445. The Morgan fingerprint density at radius 3 is 2.93 bits per heavy atom. The largest absolute Gasteiger partial charge is 0.370 e. The van der Waals surface area contributed by atoms with E-state index in [0.717, 1.165) is 0 Å². The molecule has 0 atom stereocenters. The fraction of sp³-hybridized carbons (Fsp3) is 0.500. The van der Waals surface area contributed by atoms with Crippen LogP contribution in [-0.2, 0) is 9.53 Å². The molecule has 9 heteroatoms. The van der Waals surface area contributed by atoms with Crippen LogP contribution in [0.5, 0.6) is 0 Å². The van der Waals surface area contributed by atoms with Crippen molar-refractivity contribution in [3.8, 4) is 0 Å². The Kier molecular flexibility index (Phi) is 4.16. The Morgan fingerprint density at radius 1 is 1.53 bits per heavy atom. The van der Waals surface area contributed by atoms with Crippen LogP contribution in [0.3, 0.4) is 0 Å². The van der Waals surface area contributed by atoms with E-state index in [1.165, 1.54) is 0 Å². The van der Waals surface area contributed by atoms with Gasteiger partial charge in [-0.05, 0) is 5.21 Å². The number of nitrogens with zero attached hydrogens (tertiary/aromatic N) is 3. The fourth-order valence-corrected chi connectivity index (χ4v) is 0.747. The molecule has 0 aliphatic carbocycles. The lowest BCUT2D eigenvalue weighted by atomic mass is 10.5. The number of amides is 2. The average Bonchev–Trinajstić information content (AvgIpc) is 2.69. The Bertz CT molecular complexity index is 324. The highest BCUT2D eigenvalue weighted by Gasteiger charge is 2.08. The highest BCUT2D eigenvalue weighted by atomic mass is 16.5. The van der Waals surface area contributed by atoms with Crippen LogP contribution < -0.4 is 11.1 Å². The second-order valence-electron chi connectivity index (χ2n) is 2.51. The normalized spacial score (nSPS) is 9.87. The predicted octanol–water partition coefficient (Wildman–Crippen LogP) is -2.57. The monoisotopic (exact) mass is 214 g/mol. The van der Waals surface area contributed by atoms with Crippen molar-refractivity contribution in [1.29, 1.82) is 0 Å². The van der Waals surface area contributed by atoms with Gasteiger partial charge in [-0.2, -0.15) is 5.21 Å². The average molecular weight is 214 g/mol. The van der Waals surface area contributed by atoms with Crippen LogP contribution in [0.2, 0.25) is 0 Å². The van der Waals surface area contributed by atoms with Gasteiger partial charge in [-0.25, -0.2) is 0 Å². The Balaban J connectivity index is 2.10. The van der Waals surface area contributed by atoms with E-state index in [0.29, 0.717) is 0 Å². The van der Waals surface area contributed by atoms with Gasteiger partial charge < -0.3 is 15.8 Å². The van der Waals surface area contributed by atoms with Crippen molar-refractivity contribution in [3.05, 3.63) is 5.82 Å². The molecule has 0 radical (unpaired) electrons. The fourth-order valence-electron chi connectivity index (χ4n) is 0.747. The molecule has 0 aliphatic heterocycles. The SMILES string of the molecule is NC(=O)COCCNC(=O)c1nn[nH]n1. The summed E-state index contributed by atoms with van der Waals surface area (Å²) in [4.78, 5) is 21.4. The van der Waals surface area contributed by atoms with Crippen LogP contribution in [0.1, 0.15) is 10.6 Å². The van der Waals surface area contributed by atoms with Crippen LogP contribution >= 0.6 is 0 Å². The first-order chi connectivity index (χ1) is 7.20. The smallest absolute Gasteiger partial charge is 0.292 e. The molecule has 4 N–H and O–H groups in total. The van der Waals surface area contributed by atoms with E-state index >= 15 is 0 Å². The summed E-state index contributed by atoms with van der Waals surface area (Å²) in [7, 11) is 0. The van der Waals surface area contributed by atoms with E-state index in [-0.39, 0.29) is 25.6 Å². The maximum absolute atomic E-state index is 11.2. The number of hydrogen-bond donors (Lipinski definition) is 3. The molecule has 0 aliphatic rings. The number of carbonyl (C=O) groups excluding carboxylic acids is 2. The van der Waals surface area contributed by atoms with E-state index in [1.807, 2.05) is 0 Å². The molecule has 0 spiro atoms. The highest BCUT2D eigenvalue weighted by Crippen LogP contribution is 1.82. The van der Waals surface area contributed by atoms with Crippen LogP contribution in [0, 0.1) is 0 Å². The summed E-state index contributed by atoms with van der Waals surface area (Å²) >= 11 is 0. The first-order valence-corrected chi connectivity index (χ1v) is 4.08. The van der Waals surface area contributed by atoms with Gasteiger partial charge in [0.15, 0.2) is 0 Å². The molecule has 1 rings (SSSR count). The molecule has 1 aromatic heterocycles. The van der Waals surface area contributed by atoms with E-state index in [9.17, 15) is 9.59 Å². The van der Waals surface area contributed by atoms with Crippen LogP contribution in [0.25, 0.3) is 0 Å². The number of primary amides is 1. The molecule has 9 nitrogen and oxygen atoms in total. The molecule has 0 saturated carbocycles. The van der Waals surface area contributed by atoms with E-state index in [2.05, 4.69) is 25.9 Å². The van der Waals surface area contributed by atoms with Gasteiger partial charge in [0.1, 0.15) is 6.61 Å². The maximum Gasteiger partial charge on any atom is 0.292 e. The van der Waals surface area contributed by atoms with Crippen LogP contribution in [0.15, 0.2) is 0 Å². The first kappa shape index (κ1) is 11.0. The Hall–Kier alpha value is -2.03.